The second-order valence-corrected chi connectivity index (χ2v) is 7.81. The Bertz CT molecular complexity index is 1040. The number of benzene rings is 2. The molecule has 2 amide bonds. The number of rotatable bonds is 9. The molecule has 0 saturated carbocycles. The first-order valence-corrected chi connectivity index (χ1v) is 10.8. The van der Waals surface area contributed by atoms with E-state index < -0.39 is 23.6 Å². The van der Waals surface area contributed by atoms with Crippen LogP contribution in [0.1, 0.15) is 24.5 Å². The third-order valence-corrected chi connectivity index (χ3v) is 5.57. The summed E-state index contributed by atoms with van der Waals surface area (Å²) in [4.78, 5) is 26.8. The highest BCUT2D eigenvalue weighted by molar-refractivity contribution is 5.98. The molecule has 0 spiro atoms. The van der Waals surface area contributed by atoms with Crippen molar-refractivity contribution >= 4 is 17.5 Å². The van der Waals surface area contributed by atoms with Crippen molar-refractivity contribution in [2.75, 3.05) is 39.2 Å². The largest absolute Gasteiger partial charge is 0.493 e. The summed E-state index contributed by atoms with van der Waals surface area (Å²) >= 11 is 0. The number of methoxy groups -OCH3 is 2. The summed E-state index contributed by atoms with van der Waals surface area (Å²) in [6.45, 7) is 2.49. The minimum absolute atomic E-state index is 0.0132. The van der Waals surface area contributed by atoms with Crippen molar-refractivity contribution in [2.24, 2.45) is 5.92 Å². The average Bonchev–Trinajstić information content (AvgIpc) is 3.18. The summed E-state index contributed by atoms with van der Waals surface area (Å²) < 4.78 is 55.2. The van der Waals surface area contributed by atoms with Crippen molar-refractivity contribution in [1.29, 1.82) is 0 Å². The van der Waals surface area contributed by atoms with Crippen LogP contribution in [0, 0.1) is 5.92 Å². The second-order valence-electron chi connectivity index (χ2n) is 7.81. The molecule has 184 valence electrons. The first-order valence-electron chi connectivity index (χ1n) is 10.8. The first-order chi connectivity index (χ1) is 16.2. The van der Waals surface area contributed by atoms with Crippen LogP contribution in [-0.2, 0) is 22.2 Å². The summed E-state index contributed by atoms with van der Waals surface area (Å²) in [6, 6.07) is 8.39. The van der Waals surface area contributed by atoms with E-state index in [1.54, 1.807) is 25.0 Å². The van der Waals surface area contributed by atoms with Crippen molar-refractivity contribution in [3.05, 3.63) is 47.5 Å². The van der Waals surface area contributed by atoms with E-state index in [0.717, 1.165) is 17.7 Å². The van der Waals surface area contributed by atoms with Crippen molar-refractivity contribution in [2.45, 2.75) is 25.9 Å². The molecule has 7 nitrogen and oxygen atoms in total. The van der Waals surface area contributed by atoms with Crippen LogP contribution in [0.3, 0.4) is 0 Å². The van der Waals surface area contributed by atoms with Crippen LogP contribution < -0.4 is 19.5 Å². The molecule has 2 aromatic rings. The van der Waals surface area contributed by atoms with Crippen LogP contribution in [0.5, 0.6) is 17.2 Å². The first kappa shape index (κ1) is 25.2. The van der Waals surface area contributed by atoms with Gasteiger partial charge in [0.05, 0.1) is 38.0 Å². The topological polar surface area (TPSA) is 77.1 Å². The van der Waals surface area contributed by atoms with E-state index >= 15 is 0 Å². The number of ether oxygens (including phenoxy) is 3. The standard InChI is InChI=1S/C24H27F3N2O5/c1-4-34-19-8-6-17(24(25,26)27)13-18(19)28-23(31)16-12-22(30)29(14-16)10-9-15-5-7-20(32-2)21(11-15)33-3/h5-8,11,13,16H,4,9-10,12,14H2,1-3H3,(H,28,31). The fourth-order valence-electron chi connectivity index (χ4n) is 3.78. The van der Waals surface area contributed by atoms with Gasteiger partial charge in [-0.15, -0.1) is 0 Å². The van der Waals surface area contributed by atoms with Gasteiger partial charge < -0.3 is 24.4 Å². The Morgan fingerprint density at radius 1 is 1.09 bits per heavy atom. The number of hydrogen-bond acceptors (Lipinski definition) is 5. The Labute approximate surface area is 195 Å². The average molecular weight is 480 g/mol. The van der Waals surface area contributed by atoms with Crippen molar-refractivity contribution < 1.29 is 37.0 Å². The zero-order chi connectivity index (χ0) is 24.9. The molecule has 0 aromatic heterocycles. The number of amides is 2. The van der Waals surface area contributed by atoms with E-state index in [-0.39, 0.29) is 36.9 Å². The van der Waals surface area contributed by atoms with E-state index in [1.807, 2.05) is 12.1 Å². The summed E-state index contributed by atoms with van der Waals surface area (Å²) in [7, 11) is 3.08. The van der Waals surface area contributed by atoms with Crippen LogP contribution in [0.4, 0.5) is 18.9 Å². The van der Waals surface area contributed by atoms with Crippen LogP contribution in [-0.4, -0.2) is 50.6 Å². The number of hydrogen-bond donors (Lipinski definition) is 1. The van der Waals surface area contributed by atoms with Crippen molar-refractivity contribution in [1.82, 2.24) is 4.90 Å². The predicted octanol–water partition coefficient (Wildman–Crippen LogP) is 4.15. The third kappa shape index (κ3) is 5.92. The van der Waals surface area contributed by atoms with E-state index in [2.05, 4.69) is 5.32 Å². The summed E-state index contributed by atoms with van der Waals surface area (Å²) in [5, 5.41) is 2.52. The van der Waals surface area contributed by atoms with E-state index in [4.69, 9.17) is 14.2 Å². The van der Waals surface area contributed by atoms with Gasteiger partial charge in [-0.05, 0) is 49.2 Å². The van der Waals surface area contributed by atoms with Crippen molar-refractivity contribution in [3.8, 4) is 17.2 Å². The van der Waals surface area contributed by atoms with Gasteiger partial charge in [-0.3, -0.25) is 9.59 Å². The second kappa shape index (κ2) is 10.7. The Balaban J connectivity index is 1.65. The molecule has 2 aromatic carbocycles. The lowest BCUT2D eigenvalue weighted by Crippen LogP contribution is -2.30. The van der Waals surface area contributed by atoms with E-state index in [9.17, 15) is 22.8 Å². The maximum atomic E-state index is 13.1. The van der Waals surface area contributed by atoms with Gasteiger partial charge in [-0.2, -0.15) is 13.2 Å². The fraction of sp³-hybridized carbons (Fsp3) is 0.417. The smallest absolute Gasteiger partial charge is 0.416 e. The van der Waals surface area contributed by atoms with Crippen LogP contribution in [0.25, 0.3) is 0 Å². The number of halogens is 3. The summed E-state index contributed by atoms with van der Waals surface area (Å²) in [6.07, 6.45) is -4.03. The van der Waals surface area contributed by atoms with Gasteiger partial charge in [0, 0.05) is 19.5 Å². The molecule has 1 saturated heterocycles. The minimum Gasteiger partial charge on any atom is -0.493 e. The monoisotopic (exact) mass is 480 g/mol. The quantitative estimate of drug-likeness (QED) is 0.584. The lowest BCUT2D eigenvalue weighted by atomic mass is 10.1. The predicted molar refractivity (Wildman–Crippen MR) is 119 cm³/mol. The lowest BCUT2D eigenvalue weighted by Gasteiger charge is -2.18. The summed E-state index contributed by atoms with van der Waals surface area (Å²) in [5.74, 6) is -0.0743. The molecule has 1 heterocycles. The van der Waals surface area contributed by atoms with Gasteiger partial charge in [0.15, 0.2) is 11.5 Å². The highest BCUT2D eigenvalue weighted by atomic mass is 19.4. The molecule has 1 atom stereocenters. The maximum Gasteiger partial charge on any atom is 0.416 e. The Kier molecular flexibility index (Phi) is 7.90. The lowest BCUT2D eigenvalue weighted by molar-refractivity contribution is -0.137. The van der Waals surface area contributed by atoms with Crippen LogP contribution in [0.15, 0.2) is 36.4 Å². The molecule has 3 rings (SSSR count). The van der Waals surface area contributed by atoms with Gasteiger partial charge >= 0.3 is 6.18 Å². The summed E-state index contributed by atoms with van der Waals surface area (Å²) in [5.41, 5.74) is -0.0353. The Hall–Kier alpha value is -3.43. The molecule has 1 aliphatic heterocycles. The highest BCUT2D eigenvalue weighted by Crippen LogP contribution is 2.35. The third-order valence-electron chi connectivity index (χ3n) is 5.57. The number of nitrogens with zero attached hydrogens (tertiary/aromatic N) is 1. The van der Waals surface area contributed by atoms with Crippen LogP contribution in [0.2, 0.25) is 0 Å². The number of likely N-dealkylation sites (tertiary alicyclic amines) is 1. The number of alkyl halides is 3. The molecule has 0 bridgehead atoms. The fourth-order valence-corrected chi connectivity index (χ4v) is 3.78. The zero-order valence-corrected chi connectivity index (χ0v) is 19.2. The molecule has 1 aliphatic rings. The zero-order valence-electron chi connectivity index (χ0n) is 19.2. The molecular weight excluding hydrogens is 453 g/mol. The van der Waals surface area contributed by atoms with Gasteiger partial charge in [0.1, 0.15) is 5.75 Å². The number of carbonyl (C=O) groups is 2. The molecule has 1 unspecified atom stereocenters. The molecule has 34 heavy (non-hydrogen) atoms. The maximum absolute atomic E-state index is 13.1. The molecule has 0 radical (unpaired) electrons. The van der Waals surface area contributed by atoms with Gasteiger partial charge in [0.25, 0.3) is 0 Å². The Morgan fingerprint density at radius 2 is 1.79 bits per heavy atom. The SMILES string of the molecule is CCOc1ccc(C(F)(F)F)cc1NC(=O)C1CC(=O)N(CCc2ccc(OC)c(OC)c2)C1. The number of carbonyl (C=O) groups excluding carboxylic acids is 2. The molecule has 1 N–H and O–H groups in total. The number of nitrogens with one attached hydrogen (secondary N) is 1. The minimum atomic E-state index is -4.56. The molecular formula is C24H27F3N2O5. The van der Waals surface area contributed by atoms with E-state index in [0.29, 0.717) is 24.5 Å². The molecule has 0 aliphatic carbocycles. The van der Waals surface area contributed by atoms with Crippen LogP contribution >= 0.6 is 0 Å². The highest BCUT2D eigenvalue weighted by Gasteiger charge is 2.35. The van der Waals surface area contributed by atoms with E-state index in [1.165, 1.54) is 13.2 Å². The molecule has 1 fully saturated rings. The van der Waals surface area contributed by atoms with Gasteiger partial charge in [-0.1, -0.05) is 6.07 Å². The van der Waals surface area contributed by atoms with Crippen molar-refractivity contribution in [3.63, 3.8) is 0 Å². The normalized spacial score (nSPS) is 15.9. The van der Waals surface area contributed by atoms with Gasteiger partial charge in [-0.25, -0.2) is 0 Å². The van der Waals surface area contributed by atoms with Gasteiger partial charge in [0.2, 0.25) is 11.8 Å². The Morgan fingerprint density at radius 3 is 2.44 bits per heavy atom. The molecule has 10 heteroatoms. The number of anilines is 1.